The molecule has 1 saturated heterocycles. The SMILES string of the molecule is C=CCn1c(SCC(=O)N2CC(C)OC(C)C2)nnc1-c1ccccc1. The molecule has 0 spiro atoms. The summed E-state index contributed by atoms with van der Waals surface area (Å²) in [4.78, 5) is 14.5. The third-order valence-electron chi connectivity index (χ3n) is 4.16. The van der Waals surface area contributed by atoms with Gasteiger partial charge in [-0.25, -0.2) is 0 Å². The predicted molar refractivity (Wildman–Crippen MR) is 103 cm³/mol. The summed E-state index contributed by atoms with van der Waals surface area (Å²) in [6.45, 7) is 9.69. The molecular weight excluding hydrogens is 348 g/mol. The molecule has 0 N–H and O–H groups in total. The first-order chi connectivity index (χ1) is 12.6. The summed E-state index contributed by atoms with van der Waals surface area (Å²) >= 11 is 1.42. The van der Waals surface area contributed by atoms with Crippen molar-refractivity contribution in [2.24, 2.45) is 0 Å². The molecule has 1 fully saturated rings. The van der Waals surface area contributed by atoms with Crippen LogP contribution in [0, 0.1) is 0 Å². The number of nitrogens with zero attached hydrogens (tertiary/aromatic N) is 4. The number of carbonyl (C=O) groups is 1. The first kappa shape index (κ1) is 18.7. The average molecular weight is 372 g/mol. The number of hydrogen-bond donors (Lipinski definition) is 0. The zero-order valence-corrected chi connectivity index (χ0v) is 16.0. The maximum absolute atomic E-state index is 12.6. The second kappa shape index (κ2) is 8.51. The average Bonchev–Trinajstić information content (AvgIpc) is 3.02. The van der Waals surface area contributed by atoms with Gasteiger partial charge in [0.25, 0.3) is 0 Å². The van der Waals surface area contributed by atoms with Crippen LogP contribution < -0.4 is 0 Å². The van der Waals surface area contributed by atoms with Gasteiger partial charge in [-0.15, -0.1) is 16.8 Å². The van der Waals surface area contributed by atoms with Crippen molar-refractivity contribution in [1.29, 1.82) is 0 Å². The van der Waals surface area contributed by atoms with Crippen LogP contribution >= 0.6 is 11.8 Å². The molecule has 1 aliphatic heterocycles. The van der Waals surface area contributed by atoms with Gasteiger partial charge in [0.2, 0.25) is 5.91 Å². The predicted octanol–water partition coefficient (Wildman–Crippen LogP) is 2.86. The van der Waals surface area contributed by atoms with Crippen LogP contribution in [0.3, 0.4) is 0 Å². The molecule has 1 aromatic carbocycles. The number of amides is 1. The first-order valence-electron chi connectivity index (χ1n) is 8.74. The number of aromatic nitrogens is 3. The van der Waals surface area contributed by atoms with Crippen molar-refractivity contribution in [3.05, 3.63) is 43.0 Å². The number of hydrogen-bond acceptors (Lipinski definition) is 5. The molecule has 7 heteroatoms. The number of morpholine rings is 1. The van der Waals surface area contributed by atoms with Gasteiger partial charge in [-0.1, -0.05) is 48.2 Å². The lowest BCUT2D eigenvalue weighted by atomic mass is 10.2. The van der Waals surface area contributed by atoms with Crippen LogP contribution in [-0.4, -0.2) is 56.6 Å². The lowest BCUT2D eigenvalue weighted by Crippen LogP contribution is -2.48. The number of rotatable bonds is 6. The topological polar surface area (TPSA) is 60.2 Å². The van der Waals surface area contributed by atoms with E-state index in [0.29, 0.717) is 25.4 Å². The summed E-state index contributed by atoms with van der Waals surface area (Å²) in [5.41, 5.74) is 0.996. The summed E-state index contributed by atoms with van der Waals surface area (Å²) in [7, 11) is 0. The van der Waals surface area contributed by atoms with Crippen molar-refractivity contribution in [3.8, 4) is 11.4 Å². The van der Waals surface area contributed by atoms with E-state index in [0.717, 1.165) is 16.5 Å². The Morgan fingerprint density at radius 2 is 1.96 bits per heavy atom. The van der Waals surface area contributed by atoms with Gasteiger partial charge in [-0.3, -0.25) is 9.36 Å². The first-order valence-corrected chi connectivity index (χ1v) is 9.72. The molecule has 26 heavy (non-hydrogen) atoms. The number of thioether (sulfide) groups is 1. The van der Waals surface area contributed by atoms with E-state index in [9.17, 15) is 4.79 Å². The van der Waals surface area contributed by atoms with Gasteiger partial charge in [0.05, 0.1) is 18.0 Å². The van der Waals surface area contributed by atoms with Crippen LogP contribution in [0.1, 0.15) is 13.8 Å². The van der Waals surface area contributed by atoms with Gasteiger partial charge in [0.15, 0.2) is 11.0 Å². The van der Waals surface area contributed by atoms with E-state index >= 15 is 0 Å². The molecule has 1 aliphatic rings. The van der Waals surface area contributed by atoms with Crippen LogP contribution in [0.5, 0.6) is 0 Å². The standard InChI is InChI=1S/C19H24N4O2S/c1-4-10-23-18(16-8-6-5-7-9-16)20-21-19(23)26-13-17(24)22-11-14(2)25-15(3)12-22/h4-9,14-15H,1,10-13H2,2-3H3. The molecule has 0 radical (unpaired) electrons. The number of carbonyl (C=O) groups excluding carboxylic acids is 1. The quantitative estimate of drug-likeness (QED) is 0.576. The van der Waals surface area contributed by atoms with E-state index in [-0.39, 0.29) is 18.1 Å². The van der Waals surface area contributed by atoms with E-state index in [1.807, 2.05) is 59.7 Å². The zero-order chi connectivity index (χ0) is 18.5. The molecular formula is C19H24N4O2S. The minimum absolute atomic E-state index is 0.0711. The van der Waals surface area contributed by atoms with Crippen LogP contribution in [0.2, 0.25) is 0 Å². The van der Waals surface area contributed by atoms with Gasteiger partial charge in [-0.2, -0.15) is 0 Å². The fourth-order valence-electron chi connectivity index (χ4n) is 3.09. The fourth-order valence-corrected chi connectivity index (χ4v) is 3.94. The Balaban J connectivity index is 1.71. The van der Waals surface area contributed by atoms with Gasteiger partial charge >= 0.3 is 0 Å². The maximum Gasteiger partial charge on any atom is 0.233 e. The van der Waals surface area contributed by atoms with E-state index in [1.54, 1.807) is 0 Å². The van der Waals surface area contributed by atoms with Crippen LogP contribution in [0.4, 0.5) is 0 Å². The molecule has 1 amide bonds. The molecule has 2 unspecified atom stereocenters. The highest BCUT2D eigenvalue weighted by molar-refractivity contribution is 7.99. The van der Waals surface area contributed by atoms with Crippen molar-refractivity contribution >= 4 is 17.7 Å². The minimum Gasteiger partial charge on any atom is -0.372 e. The van der Waals surface area contributed by atoms with E-state index < -0.39 is 0 Å². The second-order valence-electron chi connectivity index (χ2n) is 6.42. The maximum atomic E-state index is 12.6. The smallest absolute Gasteiger partial charge is 0.233 e. The molecule has 138 valence electrons. The van der Waals surface area contributed by atoms with Crippen molar-refractivity contribution in [2.75, 3.05) is 18.8 Å². The molecule has 2 aromatic rings. The van der Waals surface area contributed by atoms with Crippen molar-refractivity contribution in [1.82, 2.24) is 19.7 Å². The summed E-state index contributed by atoms with van der Waals surface area (Å²) in [5.74, 6) is 1.23. The Morgan fingerprint density at radius 3 is 2.62 bits per heavy atom. The highest BCUT2D eigenvalue weighted by atomic mass is 32.2. The number of allylic oxidation sites excluding steroid dienone is 1. The molecule has 6 nitrogen and oxygen atoms in total. The van der Waals surface area contributed by atoms with Crippen molar-refractivity contribution in [2.45, 2.75) is 37.8 Å². The van der Waals surface area contributed by atoms with Gasteiger partial charge in [0.1, 0.15) is 0 Å². The number of benzene rings is 1. The van der Waals surface area contributed by atoms with E-state index in [4.69, 9.17) is 4.74 Å². The Kier molecular flexibility index (Phi) is 6.11. The van der Waals surface area contributed by atoms with Crippen LogP contribution in [-0.2, 0) is 16.1 Å². The van der Waals surface area contributed by atoms with Crippen molar-refractivity contribution < 1.29 is 9.53 Å². The van der Waals surface area contributed by atoms with Crippen LogP contribution in [0.25, 0.3) is 11.4 Å². The Hall–Kier alpha value is -2.12. The third kappa shape index (κ3) is 4.34. The normalized spacial score (nSPS) is 20.2. The van der Waals surface area contributed by atoms with E-state index in [2.05, 4.69) is 16.8 Å². The fraction of sp³-hybridized carbons (Fsp3) is 0.421. The summed E-state index contributed by atoms with van der Waals surface area (Å²) in [6.07, 6.45) is 1.95. The van der Waals surface area contributed by atoms with Gasteiger partial charge < -0.3 is 9.64 Å². The monoisotopic (exact) mass is 372 g/mol. The van der Waals surface area contributed by atoms with Gasteiger partial charge in [0, 0.05) is 25.2 Å². The van der Waals surface area contributed by atoms with Crippen molar-refractivity contribution in [3.63, 3.8) is 0 Å². The molecule has 2 heterocycles. The largest absolute Gasteiger partial charge is 0.372 e. The second-order valence-corrected chi connectivity index (χ2v) is 7.36. The molecule has 0 saturated carbocycles. The minimum atomic E-state index is 0.0711. The molecule has 3 rings (SSSR count). The third-order valence-corrected chi connectivity index (χ3v) is 5.11. The summed E-state index contributed by atoms with van der Waals surface area (Å²) in [6, 6.07) is 9.91. The Morgan fingerprint density at radius 1 is 1.27 bits per heavy atom. The van der Waals surface area contributed by atoms with Crippen LogP contribution in [0.15, 0.2) is 48.1 Å². The molecule has 2 atom stereocenters. The highest BCUT2D eigenvalue weighted by Gasteiger charge is 2.26. The summed E-state index contributed by atoms with van der Waals surface area (Å²) < 4.78 is 7.69. The van der Waals surface area contributed by atoms with E-state index in [1.165, 1.54) is 11.8 Å². The Bertz CT molecular complexity index is 752. The molecule has 0 aliphatic carbocycles. The molecule has 1 aromatic heterocycles. The summed E-state index contributed by atoms with van der Waals surface area (Å²) in [5, 5.41) is 9.34. The lowest BCUT2D eigenvalue weighted by molar-refractivity contribution is -0.140. The number of ether oxygens (including phenoxy) is 1. The Labute approximate surface area is 158 Å². The zero-order valence-electron chi connectivity index (χ0n) is 15.2. The lowest BCUT2D eigenvalue weighted by Gasteiger charge is -2.35. The van der Waals surface area contributed by atoms with Gasteiger partial charge in [-0.05, 0) is 13.8 Å². The highest BCUT2D eigenvalue weighted by Crippen LogP contribution is 2.24. The molecule has 0 bridgehead atoms.